The van der Waals surface area contributed by atoms with Crippen LogP contribution in [0.3, 0.4) is 0 Å². The molecule has 3 aromatic carbocycles. The third-order valence-corrected chi connectivity index (χ3v) is 4.49. The number of rotatable bonds is 4. The number of ether oxygens (including phenoxy) is 1. The fourth-order valence-corrected chi connectivity index (χ4v) is 3.03. The van der Waals surface area contributed by atoms with E-state index in [2.05, 4.69) is 68.4 Å². The van der Waals surface area contributed by atoms with Crippen molar-refractivity contribution in [2.75, 3.05) is 7.11 Å². The fourth-order valence-electron chi connectivity index (χ4n) is 3.03. The second-order valence-corrected chi connectivity index (χ2v) is 6.32. The number of phenols is 1. The van der Waals surface area contributed by atoms with Crippen molar-refractivity contribution >= 4 is 0 Å². The molecular weight excluding hydrogens is 308 g/mol. The molecule has 0 aliphatic carbocycles. The zero-order valence-electron chi connectivity index (χ0n) is 15.2. The van der Waals surface area contributed by atoms with Crippen molar-refractivity contribution in [3.8, 4) is 33.8 Å². The van der Waals surface area contributed by atoms with E-state index in [1.165, 1.54) is 11.1 Å². The molecule has 0 bridgehead atoms. The molecule has 0 unspecified atom stereocenters. The van der Waals surface area contributed by atoms with E-state index in [0.29, 0.717) is 12.2 Å². The maximum absolute atomic E-state index is 10.6. The molecule has 0 saturated heterocycles. The summed E-state index contributed by atoms with van der Waals surface area (Å²) in [6.07, 6.45) is 0.690. The van der Waals surface area contributed by atoms with E-state index in [0.717, 1.165) is 27.8 Å². The Morgan fingerprint density at radius 2 is 1.40 bits per heavy atom. The first kappa shape index (κ1) is 17.1. The van der Waals surface area contributed by atoms with E-state index in [9.17, 15) is 5.11 Å². The molecule has 0 aromatic heterocycles. The van der Waals surface area contributed by atoms with Crippen molar-refractivity contribution in [3.05, 3.63) is 71.3 Å². The summed E-state index contributed by atoms with van der Waals surface area (Å²) in [6.45, 7) is 6.14. The van der Waals surface area contributed by atoms with Crippen LogP contribution < -0.4 is 4.74 Å². The molecule has 1 radical (unpaired) electrons. The van der Waals surface area contributed by atoms with Gasteiger partial charge in [-0.3, -0.25) is 0 Å². The number of aryl methyl sites for hydroxylation is 3. The van der Waals surface area contributed by atoms with E-state index in [4.69, 9.17) is 4.74 Å². The van der Waals surface area contributed by atoms with Gasteiger partial charge in [-0.2, -0.15) is 0 Å². The summed E-state index contributed by atoms with van der Waals surface area (Å²) >= 11 is 0. The third kappa shape index (κ3) is 3.25. The zero-order valence-corrected chi connectivity index (χ0v) is 15.2. The predicted octanol–water partition coefficient (Wildman–Crippen LogP) is 5.71. The Morgan fingerprint density at radius 3 is 1.88 bits per heavy atom. The number of phenolic OH excluding ortho intramolecular Hbond substituents is 1. The lowest BCUT2D eigenvalue weighted by Crippen LogP contribution is -1.97. The molecule has 25 heavy (non-hydrogen) atoms. The van der Waals surface area contributed by atoms with Crippen LogP contribution in [0.4, 0.5) is 0 Å². The van der Waals surface area contributed by atoms with Crippen molar-refractivity contribution in [3.63, 3.8) is 0 Å². The van der Waals surface area contributed by atoms with Crippen molar-refractivity contribution in [1.29, 1.82) is 0 Å². The summed E-state index contributed by atoms with van der Waals surface area (Å²) in [4.78, 5) is 0. The Kier molecular flexibility index (Phi) is 4.80. The summed E-state index contributed by atoms with van der Waals surface area (Å²) in [5.74, 6) is 0.687. The van der Waals surface area contributed by atoms with Gasteiger partial charge in [-0.15, -0.1) is 0 Å². The smallest absolute Gasteiger partial charge is 0.169 e. The van der Waals surface area contributed by atoms with E-state index in [-0.39, 0.29) is 5.75 Å². The van der Waals surface area contributed by atoms with Gasteiger partial charge in [0, 0.05) is 16.7 Å². The topological polar surface area (TPSA) is 29.5 Å². The quantitative estimate of drug-likeness (QED) is 0.663. The van der Waals surface area contributed by atoms with Gasteiger partial charge in [0.2, 0.25) is 0 Å². The standard InChI is InChI=1S/C23H23O2/c1-5-17-14-20(18-10-6-15(2)7-11-18)21(23(25-4)22(17)24)19-12-8-16(3)9-13-19/h6-13,24H,5H2,1-4H3. The van der Waals surface area contributed by atoms with Crippen LogP contribution in [-0.4, -0.2) is 12.2 Å². The molecule has 2 nitrogen and oxygen atoms in total. The second kappa shape index (κ2) is 7.02. The number of hydrogen-bond acceptors (Lipinski definition) is 2. The van der Waals surface area contributed by atoms with E-state index in [1.54, 1.807) is 7.11 Å². The molecule has 0 atom stereocenters. The molecule has 0 spiro atoms. The van der Waals surface area contributed by atoms with Gasteiger partial charge in [-0.25, -0.2) is 0 Å². The van der Waals surface area contributed by atoms with E-state index < -0.39 is 0 Å². The Morgan fingerprint density at radius 1 is 0.880 bits per heavy atom. The van der Waals surface area contributed by atoms with Crippen LogP contribution in [-0.2, 0) is 6.42 Å². The lowest BCUT2D eigenvalue weighted by molar-refractivity contribution is 0.372. The number of benzene rings is 3. The highest BCUT2D eigenvalue weighted by molar-refractivity contribution is 5.90. The van der Waals surface area contributed by atoms with Crippen LogP contribution in [0.2, 0.25) is 0 Å². The minimum absolute atomic E-state index is 0.177. The normalized spacial score (nSPS) is 10.7. The predicted molar refractivity (Wildman–Crippen MR) is 103 cm³/mol. The summed E-state index contributed by atoms with van der Waals surface area (Å²) < 4.78 is 5.62. The van der Waals surface area contributed by atoms with Gasteiger partial charge >= 0.3 is 0 Å². The van der Waals surface area contributed by atoms with Crippen molar-refractivity contribution in [2.45, 2.75) is 27.2 Å². The van der Waals surface area contributed by atoms with Crippen LogP contribution in [0.1, 0.15) is 23.6 Å². The third-order valence-electron chi connectivity index (χ3n) is 4.49. The number of hydrogen-bond donors (Lipinski definition) is 1. The average Bonchev–Trinajstić information content (AvgIpc) is 2.63. The van der Waals surface area contributed by atoms with Crippen LogP contribution >= 0.6 is 0 Å². The molecule has 2 heteroatoms. The maximum Gasteiger partial charge on any atom is 0.169 e. The van der Waals surface area contributed by atoms with Gasteiger partial charge in [0.15, 0.2) is 11.5 Å². The van der Waals surface area contributed by atoms with Gasteiger partial charge in [0.25, 0.3) is 0 Å². The van der Waals surface area contributed by atoms with Crippen molar-refractivity contribution in [1.82, 2.24) is 0 Å². The molecule has 3 aromatic rings. The SMILES string of the molecule is CCc1[c]c(-c2ccc(C)cc2)c(-c2ccc(C)cc2)c(OC)c1O. The molecule has 0 fully saturated rings. The monoisotopic (exact) mass is 331 g/mol. The molecule has 3 rings (SSSR count). The second-order valence-electron chi connectivity index (χ2n) is 6.32. The molecule has 1 N–H and O–H groups in total. The lowest BCUT2D eigenvalue weighted by Gasteiger charge is -2.18. The van der Waals surface area contributed by atoms with Crippen LogP contribution in [0.15, 0.2) is 48.5 Å². The average molecular weight is 331 g/mol. The molecule has 0 heterocycles. The number of aromatic hydroxyl groups is 1. The summed E-state index contributed by atoms with van der Waals surface area (Å²) in [7, 11) is 1.60. The highest BCUT2D eigenvalue weighted by Crippen LogP contribution is 2.46. The summed E-state index contributed by atoms with van der Waals surface area (Å²) in [5.41, 5.74) is 7.07. The van der Waals surface area contributed by atoms with Gasteiger partial charge in [-0.05, 0) is 37.5 Å². The zero-order chi connectivity index (χ0) is 18.0. The van der Waals surface area contributed by atoms with Gasteiger partial charge in [-0.1, -0.05) is 66.6 Å². The largest absolute Gasteiger partial charge is 0.504 e. The molecule has 0 aliphatic rings. The first-order valence-electron chi connectivity index (χ1n) is 8.54. The van der Waals surface area contributed by atoms with Crippen molar-refractivity contribution < 1.29 is 9.84 Å². The van der Waals surface area contributed by atoms with E-state index in [1.807, 2.05) is 6.92 Å². The number of methoxy groups -OCH3 is 1. The highest BCUT2D eigenvalue weighted by atomic mass is 16.5. The lowest BCUT2D eigenvalue weighted by atomic mass is 9.90. The Balaban J connectivity index is 2.34. The maximum atomic E-state index is 10.6. The van der Waals surface area contributed by atoms with Crippen LogP contribution in [0.25, 0.3) is 22.3 Å². The minimum Gasteiger partial charge on any atom is -0.504 e. The first-order valence-corrected chi connectivity index (χ1v) is 8.54. The van der Waals surface area contributed by atoms with Gasteiger partial charge in [0.05, 0.1) is 7.11 Å². The van der Waals surface area contributed by atoms with Gasteiger partial charge < -0.3 is 9.84 Å². The highest BCUT2D eigenvalue weighted by Gasteiger charge is 2.20. The summed E-state index contributed by atoms with van der Waals surface area (Å²) in [5, 5.41) is 10.6. The molecule has 0 aliphatic heterocycles. The fraction of sp³-hybridized carbons (Fsp3) is 0.217. The van der Waals surface area contributed by atoms with Crippen LogP contribution in [0.5, 0.6) is 11.5 Å². The summed E-state index contributed by atoms with van der Waals surface area (Å²) in [6, 6.07) is 20.0. The van der Waals surface area contributed by atoms with Gasteiger partial charge in [0.1, 0.15) is 0 Å². The van der Waals surface area contributed by atoms with Crippen molar-refractivity contribution in [2.24, 2.45) is 0 Å². The Hall–Kier alpha value is -2.74. The Labute approximate surface area is 149 Å². The van der Waals surface area contributed by atoms with Crippen LogP contribution in [0, 0.1) is 19.9 Å². The Bertz CT molecular complexity index is 875. The first-order chi connectivity index (χ1) is 12.0. The van der Waals surface area contributed by atoms with E-state index >= 15 is 0 Å². The molecule has 0 saturated carbocycles. The molecular formula is C23H23O2. The minimum atomic E-state index is 0.177. The molecule has 0 amide bonds. The molecule has 127 valence electrons.